The summed E-state index contributed by atoms with van der Waals surface area (Å²) in [6.45, 7) is -2.03. The van der Waals surface area contributed by atoms with Gasteiger partial charge in [0.25, 0.3) is 0 Å². The Bertz CT molecular complexity index is 2260. The molecule has 5 saturated heterocycles. The van der Waals surface area contributed by atoms with E-state index in [-0.39, 0.29) is 26.2 Å². The van der Waals surface area contributed by atoms with Crippen molar-refractivity contribution in [2.45, 2.75) is 166 Å². The molecule has 0 radical (unpaired) electrons. The van der Waals surface area contributed by atoms with Gasteiger partial charge in [-0.3, -0.25) is 4.55 Å². The summed E-state index contributed by atoms with van der Waals surface area (Å²) >= 11 is 0. The lowest BCUT2D eigenvalue weighted by molar-refractivity contribution is -0.390. The zero-order valence-electron chi connectivity index (χ0n) is 46.8. The minimum absolute atomic E-state index is 0.0318. The maximum Gasteiger partial charge on any atom is 0.407 e. The second kappa shape index (κ2) is 31.9. The number of carbonyl (C=O) groups excluding carboxylic acids is 1. The second-order valence-corrected chi connectivity index (χ2v) is 20.4. The van der Waals surface area contributed by atoms with Crippen molar-refractivity contribution >= 4 is 28.4 Å². The molecule has 0 aromatic heterocycles. The summed E-state index contributed by atoms with van der Waals surface area (Å²) in [5.74, 6) is -3.33. The molecular formula is C49H77NO32S. The number of amides is 1. The van der Waals surface area contributed by atoms with Crippen molar-refractivity contribution < 1.29 is 152 Å². The average molecular weight is 1220 g/mol. The fraction of sp³-hybridized carbons (Fsp3) is 0.816. The number of hydrogen-bond donors (Lipinski definition) is 8. The average Bonchev–Trinajstić information content (AvgIpc) is 2.91. The number of carboxylic acids is 2. The molecule has 0 aliphatic carbocycles. The van der Waals surface area contributed by atoms with Crippen LogP contribution in [0.4, 0.5) is 4.79 Å². The predicted molar refractivity (Wildman–Crippen MR) is 268 cm³/mol. The summed E-state index contributed by atoms with van der Waals surface area (Å²) < 4.78 is 151. The van der Waals surface area contributed by atoms with Gasteiger partial charge in [-0.15, -0.1) is 0 Å². The van der Waals surface area contributed by atoms with Gasteiger partial charge >= 0.3 is 28.4 Å². The molecule has 1 aromatic carbocycles. The molecule has 0 bridgehead atoms. The van der Waals surface area contributed by atoms with Crippen molar-refractivity contribution in [1.82, 2.24) is 5.32 Å². The van der Waals surface area contributed by atoms with E-state index < -0.39 is 195 Å². The lowest BCUT2D eigenvalue weighted by Crippen LogP contribution is -2.69. The largest absolute Gasteiger partial charge is 0.479 e. The zero-order chi connectivity index (χ0) is 60.9. The molecule has 0 saturated carbocycles. The molecule has 8 N–H and O–H groups in total. The van der Waals surface area contributed by atoms with Gasteiger partial charge in [0.1, 0.15) is 116 Å². The van der Waals surface area contributed by atoms with Crippen LogP contribution in [0.5, 0.6) is 0 Å². The Balaban J connectivity index is 1.18. The number of rotatable bonds is 29. The van der Waals surface area contributed by atoms with E-state index in [2.05, 4.69) is 5.32 Å². The molecule has 1 aromatic rings. The molecule has 25 atom stereocenters. The molecule has 5 aliphatic heterocycles. The number of aliphatic hydroxyl groups is 4. The SMILES string of the molecule is COC[C@H]1O[C@@H](CCNC(=O)OCc2ccccc2)[C@H](OC)[C@@H](OS(=O)(=O)O)[C@@H]1O[C@@H]1O[C@@H](C(=O)O)[C@@H](O[C@H]2O[C@H](CO)[C@@H](O[C@@H]3O[C@H](C(=O)O)[C@@H](O[C@H]4O[C@H](CO)[C@@H](OC)[C@H](OC)[C@H]4OC)[C@H](OC)[C@H]3OC)[C@H](O)[C@H]2O)[C@H](OC)[C@H]1OC. The first kappa shape index (κ1) is 68.5. The first-order chi connectivity index (χ1) is 39.7. The molecule has 5 aliphatic rings. The summed E-state index contributed by atoms with van der Waals surface area (Å²) in [5, 5.41) is 68.0. The Labute approximate surface area is 477 Å². The number of alkyl carbamates (subject to hydrolysis) is 1. The van der Waals surface area contributed by atoms with Gasteiger partial charge in [0, 0.05) is 70.5 Å². The highest BCUT2D eigenvalue weighted by molar-refractivity contribution is 7.80. The normalized spacial score (nSPS) is 39.7. The fourth-order valence-electron chi connectivity index (χ4n) is 10.8. The number of aliphatic carboxylic acids is 2. The number of nitrogens with one attached hydrogen (secondary N) is 1. The Morgan fingerprint density at radius 1 is 0.506 bits per heavy atom. The van der Waals surface area contributed by atoms with Crippen LogP contribution in [0.15, 0.2) is 30.3 Å². The van der Waals surface area contributed by atoms with Gasteiger partial charge in [-0.2, -0.15) is 8.42 Å². The Hall–Kier alpha value is -3.58. The monoisotopic (exact) mass is 1220 g/mol. The van der Waals surface area contributed by atoms with Crippen molar-refractivity contribution in [2.75, 3.05) is 90.4 Å². The van der Waals surface area contributed by atoms with Crippen LogP contribution >= 0.6 is 0 Å². The smallest absolute Gasteiger partial charge is 0.407 e. The lowest BCUT2D eigenvalue weighted by Gasteiger charge is -2.50. The molecule has 5 fully saturated rings. The highest BCUT2D eigenvalue weighted by atomic mass is 32.3. The first-order valence-electron chi connectivity index (χ1n) is 26.0. The molecule has 6 rings (SSSR count). The third kappa shape index (κ3) is 16.3. The summed E-state index contributed by atoms with van der Waals surface area (Å²) in [6, 6.07) is 8.86. The zero-order valence-corrected chi connectivity index (χ0v) is 47.6. The molecule has 0 spiro atoms. The number of benzene rings is 1. The van der Waals surface area contributed by atoms with Crippen molar-refractivity contribution in [3.05, 3.63) is 35.9 Å². The van der Waals surface area contributed by atoms with Gasteiger partial charge in [-0.1, -0.05) is 30.3 Å². The Kier molecular flexibility index (Phi) is 26.3. The molecule has 33 nitrogen and oxygen atoms in total. The third-order valence-electron chi connectivity index (χ3n) is 14.6. The molecule has 34 heteroatoms. The Morgan fingerprint density at radius 2 is 0.940 bits per heavy atom. The van der Waals surface area contributed by atoms with Crippen molar-refractivity contribution in [3.8, 4) is 0 Å². The van der Waals surface area contributed by atoms with Crippen LogP contribution in [0.3, 0.4) is 0 Å². The number of hydrogen-bond acceptors (Lipinski definition) is 29. The van der Waals surface area contributed by atoms with Crippen LogP contribution < -0.4 is 5.32 Å². The maximum atomic E-state index is 13.2. The lowest BCUT2D eigenvalue weighted by atomic mass is 9.92. The predicted octanol–water partition coefficient (Wildman–Crippen LogP) is -3.66. The highest BCUT2D eigenvalue weighted by Crippen LogP contribution is 2.39. The van der Waals surface area contributed by atoms with Gasteiger partial charge in [0.2, 0.25) is 0 Å². The molecular weight excluding hydrogens is 1150 g/mol. The molecule has 0 unspecified atom stereocenters. The molecule has 1 amide bonds. The van der Waals surface area contributed by atoms with Gasteiger partial charge in [-0.25, -0.2) is 18.6 Å². The molecule has 5 heterocycles. The standard InChI is InChI=1S/C49H77NO32S/c1-63-20-25-31(37(82-83(60,61)62)29(64-2)22(73-25)15-16-50-49(59)72-19-21-13-11-10-12-14-21)77-48-42(71-9)33(67-5)35(38(81-48)43(55)56)78-45-27(54)26(53)28(23(17-51)74-45)76-47-41(70-8)34(68-6)36(39(80-47)44(57)58)79-46-40(69-7)32(66-4)30(65-3)24(18-52)75-46/h10-14,22-42,45-48,51-54H,15-20H2,1-9H3,(H,50,59)(H,55,56)(H,57,58)(H,60,61,62)/t22-,23+,24+,25+,26+,27+,28+,29-,30+,31+,32-,33-,34-,35-,36-,37+,38+,39-,40+,41+,42+,45+,46+,47+,48+/m0/s1. The minimum atomic E-state index is -5.32. The van der Waals surface area contributed by atoms with Crippen LogP contribution in [-0.2, 0) is 121 Å². The van der Waals surface area contributed by atoms with E-state index in [0.29, 0.717) is 0 Å². The summed E-state index contributed by atoms with van der Waals surface area (Å²) in [5.41, 5.74) is 0.728. The van der Waals surface area contributed by atoms with Crippen molar-refractivity contribution in [3.63, 3.8) is 0 Å². The van der Waals surface area contributed by atoms with Crippen LogP contribution in [0.1, 0.15) is 12.0 Å². The van der Waals surface area contributed by atoms with Crippen LogP contribution in [-0.4, -0.2) is 305 Å². The third-order valence-corrected chi connectivity index (χ3v) is 15.1. The fourth-order valence-corrected chi connectivity index (χ4v) is 11.3. The first-order valence-corrected chi connectivity index (χ1v) is 27.3. The van der Waals surface area contributed by atoms with E-state index in [4.69, 9.17) is 94.2 Å². The maximum absolute atomic E-state index is 13.2. The van der Waals surface area contributed by atoms with Gasteiger partial charge in [-0.05, 0) is 12.0 Å². The number of methoxy groups -OCH3 is 9. The molecule has 476 valence electrons. The van der Waals surface area contributed by atoms with E-state index in [1.54, 1.807) is 30.3 Å². The molecule has 83 heavy (non-hydrogen) atoms. The topological polar surface area (TPSA) is 424 Å². The number of aliphatic hydroxyl groups excluding tert-OH is 4. The van der Waals surface area contributed by atoms with E-state index >= 15 is 0 Å². The summed E-state index contributed by atoms with van der Waals surface area (Å²) in [7, 11) is 5.85. The number of ether oxygens (including phenoxy) is 19. The Morgan fingerprint density at radius 3 is 1.41 bits per heavy atom. The summed E-state index contributed by atoms with van der Waals surface area (Å²) in [6.07, 6.45) is -40.2. The highest BCUT2D eigenvalue weighted by Gasteiger charge is 2.60. The van der Waals surface area contributed by atoms with E-state index in [9.17, 15) is 58.0 Å². The van der Waals surface area contributed by atoms with E-state index in [1.165, 1.54) is 49.8 Å². The number of carboxylic acid groups (broad SMARTS) is 2. The van der Waals surface area contributed by atoms with Crippen LogP contribution in [0.2, 0.25) is 0 Å². The van der Waals surface area contributed by atoms with Crippen LogP contribution in [0.25, 0.3) is 0 Å². The number of carbonyl (C=O) groups is 3. The van der Waals surface area contributed by atoms with Gasteiger partial charge < -0.3 is 126 Å². The quantitative estimate of drug-likeness (QED) is 0.0358. The van der Waals surface area contributed by atoms with E-state index in [1.807, 2.05) is 0 Å². The van der Waals surface area contributed by atoms with E-state index in [0.717, 1.165) is 19.8 Å². The van der Waals surface area contributed by atoms with Crippen LogP contribution in [0, 0.1) is 0 Å². The van der Waals surface area contributed by atoms with Gasteiger partial charge in [0.05, 0.1) is 25.9 Å². The second-order valence-electron chi connectivity index (χ2n) is 19.4. The van der Waals surface area contributed by atoms with Crippen molar-refractivity contribution in [1.29, 1.82) is 0 Å². The van der Waals surface area contributed by atoms with Gasteiger partial charge in [0.15, 0.2) is 37.4 Å². The summed E-state index contributed by atoms with van der Waals surface area (Å²) in [4.78, 5) is 38.7. The minimum Gasteiger partial charge on any atom is -0.479 e. The van der Waals surface area contributed by atoms with Crippen molar-refractivity contribution in [2.24, 2.45) is 0 Å².